The Kier molecular flexibility index (Phi) is 4.26. The van der Waals surface area contributed by atoms with E-state index in [-0.39, 0.29) is 17.3 Å². The lowest BCUT2D eigenvalue weighted by atomic mass is 9.62. The molecule has 0 radical (unpaired) electrons. The monoisotopic (exact) mass is 308 g/mol. The molecule has 0 aromatic carbocycles. The van der Waals surface area contributed by atoms with Crippen molar-refractivity contribution in [1.29, 1.82) is 0 Å². The lowest BCUT2D eigenvalue weighted by Crippen LogP contribution is -2.40. The summed E-state index contributed by atoms with van der Waals surface area (Å²) in [6, 6.07) is 0. The average Bonchev–Trinajstić information content (AvgIpc) is 2.58. The zero-order valence-electron chi connectivity index (χ0n) is 12.1. The Morgan fingerprint density at radius 3 is 2.26 bits per heavy atom. The Morgan fingerprint density at radius 1 is 1.21 bits per heavy atom. The van der Waals surface area contributed by atoms with Gasteiger partial charge in [0, 0.05) is 17.3 Å². The van der Waals surface area contributed by atoms with Gasteiger partial charge in [0.25, 0.3) is 0 Å². The smallest absolute Gasteiger partial charge is 0.235 e. The lowest BCUT2D eigenvalue weighted by molar-refractivity contribution is 0.0181. The van der Waals surface area contributed by atoms with E-state index < -0.39 is 9.05 Å². The van der Waals surface area contributed by atoms with Crippen molar-refractivity contribution in [3.05, 3.63) is 0 Å². The number of hydrogen-bond donors (Lipinski definition) is 0. The van der Waals surface area contributed by atoms with Crippen molar-refractivity contribution >= 4 is 19.7 Å². The molecule has 2 aliphatic rings. The quantitative estimate of drug-likeness (QED) is 0.733. The summed E-state index contributed by atoms with van der Waals surface area (Å²) in [7, 11) is 1.93. The molecule has 5 heteroatoms. The van der Waals surface area contributed by atoms with Gasteiger partial charge < -0.3 is 4.74 Å². The molecule has 112 valence electrons. The molecule has 1 atom stereocenters. The summed E-state index contributed by atoms with van der Waals surface area (Å²) < 4.78 is 28.3. The molecule has 1 aliphatic heterocycles. The standard InChI is InChI=1S/C14H25ClO3S/c1-13(2,3)11-4-6-14(7-5-11)8-9-18-12(14)10-19(15,16)17/h11-12H,4-10H2,1-3H3. The van der Waals surface area contributed by atoms with Crippen molar-refractivity contribution in [2.24, 2.45) is 16.7 Å². The molecule has 19 heavy (non-hydrogen) atoms. The molecule has 0 amide bonds. The maximum atomic E-state index is 11.3. The Balaban J connectivity index is 2.04. The normalized spacial score (nSPS) is 36.8. The van der Waals surface area contributed by atoms with Crippen LogP contribution in [0.15, 0.2) is 0 Å². The molecule has 1 saturated heterocycles. The average molecular weight is 309 g/mol. The maximum Gasteiger partial charge on any atom is 0.235 e. The zero-order chi connectivity index (χ0) is 14.3. The topological polar surface area (TPSA) is 43.4 Å². The van der Waals surface area contributed by atoms with E-state index >= 15 is 0 Å². The minimum Gasteiger partial charge on any atom is -0.377 e. The molecule has 1 saturated carbocycles. The van der Waals surface area contributed by atoms with E-state index in [1.54, 1.807) is 0 Å². The van der Waals surface area contributed by atoms with E-state index in [4.69, 9.17) is 15.4 Å². The summed E-state index contributed by atoms with van der Waals surface area (Å²) >= 11 is 0. The van der Waals surface area contributed by atoms with E-state index in [1.165, 1.54) is 12.8 Å². The molecular weight excluding hydrogens is 284 g/mol. The molecule has 1 heterocycles. The second-order valence-electron chi connectivity index (χ2n) is 7.32. The molecule has 2 fully saturated rings. The van der Waals surface area contributed by atoms with Crippen LogP contribution in [-0.2, 0) is 13.8 Å². The molecule has 0 aromatic rings. The highest BCUT2D eigenvalue weighted by atomic mass is 35.7. The highest BCUT2D eigenvalue weighted by molar-refractivity contribution is 8.13. The summed E-state index contributed by atoms with van der Waals surface area (Å²) in [6.45, 7) is 7.56. The van der Waals surface area contributed by atoms with Gasteiger partial charge in [-0.15, -0.1) is 0 Å². The van der Waals surface area contributed by atoms with Crippen LogP contribution in [0.3, 0.4) is 0 Å². The van der Waals surface area contributed by atoms with Gasteiger partial charge in [-0.25, -0.2) is 8.42 Å². The van der Waals surface area contributed by atoms with Gasteiger partial charge in [-0.2, -0.15) is 0 Å². The predicted octanol–water partition coefficient (Wildman–Crippen LogP) is 3.57. The Morgan fingerprint density at radius 2 is 1.79 bits per heavy atom. The van der Waals surface area contributed by atoms with Crippen LogP contribution in [-0.4, -0.2) is 26.9 Å². The number of hydrogen-bond acceptors (Lipinski definition) is 3. The van der Waals surface area contributed by atoms with Crippen LogP contribution in [0.4, 0.5) is 0 Å². The van der Waals surface area contributed by atoms with Crippen molar-refractivity contribution < 1.29 is 13.2 Å². The second kappa shape index (κ2) is 5.19. The lowest BCUT2D eigenvalue weighted by Gasteiger charge is -2.44. The van der Waals surface area contributed by atoms with E-state index in [2.05, 4.69) is 20.8 Å². The van der Waals surface area contributed by atoms with Crippen LogP contribution in [0.2, 0.25) is 0 Å². The first kappa shape index (κ1) is 15.6. The summed E-state index contributed by atoms with van der Waals surface area (Å²) in [6.07, 6.45) is 5.28. The number of rotatable bonds is 2. The zero-order valence-corrected chi connectivity index (χ0v) is 13.7. The highest BCUT2D eigenvalue weighted by Gasteiger charge is 2.48. The summed E-state index contributed by atoms with van der Waals surface area (Å²) in [5.74, 6) is 0.696. The fraction of sp³-hybridized carbons (Fsp3) is 1.00. The van der Waals surface area contributed by atoms with Crippen molar-refractivity contribution in [3.8, 4) is 0 Å². The molecular formula is C14H25ClO3S. The third kappa shape index (κ3) is 3.64. The number of halogens is 1. The predicted molar refractivity (Wildman–Crippen MR) is 77.8 cm³/mol. The maximum absolute atomic E-state index is 11.3. The fourth-order valence-corrected chi connectivity index (χ4v) is 4.93. The summed E-state index contributed by atoms with van der Waals surface area (Å²) in [4.78, 5) is 0. The third-order valence-corrected chi connectivity index (χ3v) is 6.24. The first-order valence-corrected chi connectivity index (χ1v) is 9.64. The van der Waals surface area contributed by atoms with Gasteiger partial charge in [-0.3, -0.25) is 0 Å². The van der Waals surface area contributed by atoms with E-state index in [9.17, 15) is 8.42 Å². The van der Waals surface area contributed by atoms with Gasteiger partial charge in [-0.1, -0.05) is 20.8 Å². The molecule has 0 N–H and O–H groups in total. The van der Waals surface area contributed by atoms with Crippen LogP contribution < -0.4 is 0 Å². The molecule has 0 bridgehead atoms. The van der Waals surface area contributed by atoms with E-state index in [1.807, 2.05) is 0 Å². The summed E-state index contributed by atoms with van der Waals surface area (Å²) in [5, 5.41) is 0. The second-order valence-corrected chi connectivity index (χ2v) is 10.1. The molecule has 2 rings (SSSR count). The van der Waals surface area contributed by atoms with Crippen molar-refractivity contribution in [2.45, 2.75) is 59.0 Å². The Hall–Kier alpha value is 0.200. The molecule has 1 spiro atoms. The van der Waals surface area contributed by atoms with Gasteiger partial charge in [0.05, 0.1) is 11.9 Å². The third-order valence-electron chi connectivity index (χ3n) is 5.16. The van der Waals surface area contributed by atoms with Crippen molar-refractivity contribution in [3.63, 3.8) is 0 Å². The highest BCUT2D eigenvalue weighted by Crippen LogP contribution is 2.52. The molecule has 0 aromatic heterocycles. The SMILES string of the molecule is CC(C)(C)C1CCC2(CCOC2CS(=O)(=O)Cl)CC1. The Bertz CT molecular complexity index is 416. The van der Waals surface area contributed by atoms with Crippen LogP contribution in [0.1, 0.15) is 52.9 Å². The minimum absolute atomic E-state index is 0.0330. The van der Waals surface area contributed by atoms with Gasteiger partial charge >= 0.3 is 0 Å². The molecule has 1 aliphatic carbocycles. The largest absolute Gasteiger partial charge is 0.377 e. The first-order chi connectivity index (χ1) is 8.62. The van der Waals surface area contributed by atoms with E-state index in [0.717, 1.165) is 25.2 Å². The molecule has 3 nitrogen and oxygen atoms in total. The van der Waals surface area contributed by atoms with Crippen LogP contribution >= 0.6 is 10.7 Å². The first-order valence-electron chi connectivity index (χ1n) is 7.16. The van der Waals surface area contributed by atoms with Crippen LogP contribution in [0.5, 0.6) is 0 Å². The van der Waals surface area contributed by atoms with Gasteiger partial charge in [0.1, 0.15) is 0 Å². The summed E-state index contributed by atoms with van der Waals surface area (Å²) in [5.41, 5.74) is 0.402. The van der Waals surface area contributed by atoms with Crippen molar-refractivity contribution in [1.82, 2.24) is 0 Å². The van der Waals surface area contributed by atoms with Crippen LogP contribution in [0, 0.1) is 16.7 Å². The van der Waals surface area contributed by atoms with E-state index in [0.29, 0.717) is 12.0 Å². The fourth-order valence-electron chi connectivity index (χ4n) is 3.78. The number of ether oxygens (including phenoxy) is 1. The van der Waals surface area contributed by atoms with Gasteiger partial charge in [0.15, 0.2) is 0 Å². The van der Waals surface area contributed by atoms with Crippen molar-refractivity contribution in [2.75, 3.05) is 12.4 Å². The molecule has 1 unspecified atom stereocenters. The minimum atomic E-state index is -3.48. The van der Waals surface area contributed by atoms with Crippen LogP contribution in [0.25, 0.3) is 0 Å². The van der Waals surface area contributed by atoms with Gasteiger partial charge in [0.2, 0.25) is 9.05 Å². The Labute approximate surface area is 121 Å². The van der Waals surface area contributed by atoms with Gasteiger partial charge in [-0.05, 0) is 48.9 Å².